The van der Waals surface area contributed by atoms with Gasteiger partial charge < -0.3 is 20.1 Å². The van der Waals surface area contributed by atoms with Crippen molar-refractivity contribution in [1.29, 1.82) is 0 Å². The molecule has 134 valence electrons. The molecule has 0 fully saturated rings. The second-order valence-electron chi connectivity index (χ2n) is 5.38. The molecule has 0 unspecified atom stereocenters. The minimum Gasteiger partial charge on any atom is -0.497 e. The molecule has 7 heteroatoms. The number of benzene rings is 2. The highest BCUT2D eigenvalue weighted by molar-refractivity contribution is 5.94. The van der Waals surface area contributed by atoms with E-state index in [2.05, 4.69) is 10.6 Å². The molecule has 2 rings (SSSR count). The van der Waals surface area contributed by atoms with Crippen molar-refractivity contribution in [3.63, 3.8) is 0 Å². The molecule has 0 aliphatic heterocycles. The van der Waals surface area contributed by atoms with Gasteiger partial charge in [-0.25, -0.2) is 8.78 Å². The van der Waals surface area contributed by atoms with Crippen LogP contribution in [0.4, 0.5) is 14.5 Å². The molecule has 0 aliphatic rings. The van der Waals surface area contributed by atoms with Crippen LogP contribution in [0.3, 0.4) is 0 Å². The maximum Gasteiger partial charge on any atom is 0.238 e. The Labute approximate surface area is 144 Å². The van der Waals surface area contributed by atoms with Crippen molar-refractivity contribution in [3.8, 4) is 11.5 Å². The second-order valence-corrected chi connectivity index (χ2v) is 5.38. The largest absolute Gasteiger partial charge is 0.497 e. The predicted octanol–water partition coefficient (Wildman–Crippen LogP) is 3.27. The smallest absolute Gasteiger partial charge is 0.238 e. The molecule has 2 aromatic rings. The third kappa shape index (κ3) is 4.90. The van der Waals surface area contributed by atoms with Gasteiger partial charge in [0.2, 0.25) is 5.91 Å². The molecule has 0 radical (unpaired) electrons. The Bertz CT molecular complexity index is 753. The highest BCUT2D eigenvalue weighted by Gasteiger charge is 2.14. The fraction of sp³-hybridized carbons (Fsp3) is 0.278. The molecule has 2 N–H and O–H groups in total. The quantitative estimate of drug-likeness (QED) is 0.805. The number of carbonyl (C=O) groups excluding carboxylic acids is 1. The summed E-state index contributed by atoms with van der Waals surface area (Å²) in [5.41, 5.74) is 0.752. The van der Waals surface area contributed by atoms with Gasteiger partial charge in [0.05, 0.1) is 26.5 Å². The van der Waals surface area contributed by atoms with E-state index in [1.165, 1.54) is 26.4 Å². The van der Waals surface area contributed by atoms with Crippen LogP contribution in [0, 0.1) is 11.6 Å². The van der Waals surface area contributed by atoms with Crippen molar-refractivity contribution in [3.05, 3.63) is 53.6 Å². The SMILES string of the molecule is COc1ccc(OC)c(NC(=O)CN[C@@H](C)c2ccc(F)cc2F)c1. The lowest BCUT2D eigenvalue weighted by Crippen LogP contribution is -2.30. The van der Waals surface area contributed by atoms with E-state index in [1.807, 2.05) is 0 Å². The van der Waals surface area contributed by atoms with Gasteiger partial charge in [0.25, 0.3) is 0 Å². The van der Waals surface area contributed by atoms with Gasteiger partial charge in [-0.1, -0.05) is 6.07 Å². The van der Waals surface area contributed by atoms with E-state index in [1.54, 1.807) is 25.1 Å². The van der Waals surface area contributed by atoms with Crippen LogP contribution in [0.2, 0.25) is 0 Å². The third-order valence-corrected chi connectivity index (χ3v) is 3.68. The minimum atomic E-state index is -0.658. The fourth-order valence-electron chi connectivity index (χ4n) is 2.31. The number of amides is 1. The maximum atomic E-state index is 13.7. The molecular formula is C18H20F2N2O3. The van der Waals surface area contributed by atoms with Crippen LogP contribution in [0.15, 0.2) is 36.4 Å². The minimum absolute atomic E-state index is 0.0572. The van der Waals surface area contributed by atoms with Crippen molar-refractivity contribution < 1.29 is 23.0 Å². The Morgan fingerprint density at radius 1 is 1.12 bits per heavy atom. The van der Waals surface area contributed by atoms with E-state index in [4.69, 9.17) is 9.47 Å². The number of anilines is 1. The molecule has 0 spiro atoms. The third-order valence-electron chi connectivity index (χ3n) is 3.68. The highest BCUT2D eigenvalue weighted by atomic mass is 19.1. The molecule has 0 saturated carbocycles. The maximum absolute atomic E-state index is 13.7. The summed E-state index contributed by atoms with van der Waals surface area (Å²) in [4.78, 5) is 12.1. The van der Waals surface area contributed by atoms with Crippen LogP contribution in [-0.2, 0) is 4.79 Å². The van der Waals surface area contributed by atoms with E-state index in [9.17, 15) is 13.6 Å². The van der Waals surface area contributed by atoms with Crippen LogP contribution < -0.4 is 20.1 Å². The Hall–Kier alpha value is -2.67. The number of carbonyl (C=O) groups is 1. The Morgan fingerprint density at radius 2 is 1.88 bits per heavy atom. The van der Waals surface area contributed by atoms with Gasteiger partial charge in [0.1, 0.15) is 23.1 Å². The number of ether oxygens (including phenoxy) is 2. The predicted molar refractivity (Wildman–Crippen MR) is 91.0 cm³/mol. The first-order valence-corrected chi connectivity index (χ1v) is 7.64. The number of halogens is 2. The van der Waals surface area contributed by atoms with E-state index in [0.29, 0.717) is 17.2 Å². The average molecular weight is 350 g/mol. The van der Waals surface area contributed by atoms with E-state index >= 15 is 0 Å². The fourth-order valence-corrected chi connectivity index (χ4v) is 2.31. The van der Waals surface area contributed by atoms with E-state index in [-0.39, 0.29) is 18.0 Å². The van der Waals surface area contributed by atoms with Crippen LogP contribution >= 0.6 is 0 Å². The summed E-state index contributed by atoms with van der Waals surface area (Å²) in [7, 11) is 3.02. The van der Waals surface area contributed by atoms with Crippen LogP contribution in [0.25, 0.3) is 0 Å². The number of nitrogens with one attached hydrogen (secondary N) is 2. The number of hydrogen-bond acceptors (Lipinski definition) is 4. The molecule has 2 aromatic carbocycles. The van der Waals surface area contributed by atoms with Crippen LogP contribution in [-0.4, -0.2) is 26.7 Å². The van der Waals surface area contributed by atoms with Gasteiger partial charge in [-0.05, 0) is 25.1 Å². The second kappa shape index (κ2) is 8.43. The topological polar surface area (TPSA) is 59.6 Å². The zero-order chi connectivity index (χ0) is 18.4. The summed E-state index contributed by atoms with van der Waals surface area (Å²) in [5, 5.41) is 5.61. The molecule has 0 saturated heterocycles. The Morgan fingerprint density at radius 3 is 2.52 bits per heavy atom. The molecule has 25 heavy (non-hydrogen) atoms. The van der Waals surface area contributed by atoms with E-state index < -0.39 is 17.7 Å². The van der Waals surface area contributed by atoms with Crippen molar-refractivity contribution >= 4 is 11.6 Å². The van der Waals surface area contributed by atoms with Gasteiger partial charge >= 0.3 is 0 Å². The molecule has 0 aliphatic carbocycles. The normalized spacial score (nSPS) is 11.7. The molecular weight excluding hydrogens is 330 g/mol. The van der Waals surface area contributed by atoms with Gasteiger partial charge in [-0.15, -0.1) is 0 Å². The first-order chi connectivity index (χ1) is 11.9. The standard InChI is InChI=1S/C18H20F2N2O3/c1-11(14-6-4-12(19)8-15(14)20)21-10-18(23)22-16-9-13(24-2)5-7-17(16)25-3/h4-9,11,21H,10H2,1-3H3,(H,22,23)/t11-/m0/s1. The Kier molecular flexibility index (Phi) is 6.30. The zero-order valence-electron chi connectivity index (χ0n) is 14.2. The summed E-state index contributed by atoms with van der Waals surface area (Å²) in [5.74, 6) is -0.565. The number of methoxy groups -OCH3 is 2. The van der Waals surface area contributed by atoms with Gasteiger partial charge in [-0.3, -0.25) is 4.79 Å². The molecule has 0 bridgehead atoms. The first kappa shape index (κ1) is 18.7. The van der Waals surface area contributed by atoms with Crippen molar-refractivity contribution in [2.45, 2.75) is 13.0 Å². The zero-order valence-corrected chi connectivity index (χ0v) is 14.2. The first-order valence-electron chi connectivity index (χ1n) is 7.64. The molecule has 0 heterocycles. The van der Waals surface area contributed by atoms with Gasteiger partial charge in [0.15, 0.2) is 0 Å². The Balaban J connectivity index is 1.98. The molecule has 5 nitrogen and oxygen atoms in total. The van der Waals surface area contributed by atoms with Crippen LogP contribution in [0.1, 0.15) is 18.5 Å². The molecule has 0 aromatic heterocycles. The number of rotatable bonds is 7. The lowest BCUT2D eigenvalue weighted by molar-refractivity contribution is -0.115. The summed E-state index contributed by atoms with van der Waals surface area (Å²) in [6.45, 7) is 1.63. The monoisotopic (exact) mass is 350 g/mol. The van der Waals surface area contributed by atoms with Gasteiger partial charge in [-0.2, -0.15) is 0 Å². The van der Waals surface area contributed by atoms with Crippen molar-refractivity contribution in [2.24, 2.45) is 0 Å². The lowest BCUT2D eigenvalue weighted by Gasteiger charge is -2.16. The molecule has 1 amide bonds. The summed E-state index contributed by atoms with van der Waals surface area (Å²) >= 11 is 0. The average Bonchev–Trinajstić information content (AvgIpc) is 2.59. The highest BCUT2D eigenvalue weighted by Crippen LogP contribution is 2.28. The summed E-state index contributed by atoms with van der Waals surface area (Å²) in [6.07, 6.45) is 0. The lowest BCUT2D eigenvalue weighted by atomic mass is 10.1. The van der Waals surface area contributed by atoms with Gasteiger partial charge in [0, 0.05) is 23.7 Å². The van der Waals surface area contributed by atoms with E-state index in [0.717, 1.165) is 6.07 Å². The van der Waals surface area contributed by atoms with Crippen molar-refractivity contribution in [1.82, 2.24) is 5.32 Å². The van der Waals surface area contributed by atoms with Crippen molar-refractivity contribution in [2.75, 3.05) is 26.1 Å². The summed E-state index contributed by atoms with van der Waals surface area (Å²) in [6, 6.07) is 7.92. The number of hydrogen-bond donors (Lipinski definition) is 2. The summed E-state index contributed by atoms with van der Waals surface area (Å²) < 4.78 is 37.0. The van der Waals surface area contributed by atoms with Crippen LogP contribution in [0.5, 0.6) is 11.5 Å². The molecule has 1 atom stereocenters.